The highest BCUT2D eigenvalue weighted by Crippen LogP contribution is 2.56. The maximum Gasteiger partial charge on any atom is 0.280 e. The van der Waals surface area contributed by atoms with E-state index >= 15 is 0 Å². The molecule has 1 aromatic heterocycles. The minimum Gasteiger partial charge on any atom is -0.496 e. The molecule has 0 aliphatic carbocycles. The molecule has 1 spiro atoms. The average Bonchev–Trinajstić information content (AvgIpc) is 3.57. The minimum absolute atomic E-state index is 0.194. The number of nitrogens with one attached hydrogen (secondary N) is 2. The van der Waals surface area contributed by atoms with Crippen molar-refractivity contribution in [3.63, 3.8) is 0 Å². The van der Waals surface area contributed by atoms with Gasteiger partial charge in [-0.3, -0.25) is 14.5 Å². The average molecular weight is 607 g/mol. The molecule has 11 heteroatoms. The Balaban J connectivity index is 1.69. The second-order valence-corrected chi connectivity index (χ2v) is 11.5. The largest absolute Gasteiger partial charge is 0.496 e. The lowest BCUT2D eigenvalue weighted by Gasteiger charge is -2.40. The van der Waals surface area contributed by atoms with E-state index in [0.29, 0.717) is 55.4 Å². The van der Waals surface area contributed by atoms with E-state index in [1.807, 2.05) is 37.5 Å². The highest BCUT2D eigenvalue weighted by Gasteiger charge is 2.63. The Kier molecular flexibility index (Phi) is 6.72. The lowest BCUT2D eigenvalue weighted by atomic mass is 9.86. The Morgan fingerprint density at radius 2 is 1.83 bits per heavy atom. The molecule has 2 aliphatic heterocycles. The predicted octanol–water partition coefficient (Wildman–Crippen LogP) is 5.76. The number of aromatic nitrogens is 2. The summed E-state index contributed by atoms with van der Waals surface area (Å²) in [6.07, 6.45) is -1.26. The third-order valence-electron chi connectivity index (χ3n) is 7.97. The molecule has 9 nitrogen and oxygen atoms in total. The maximum atomic E-state index is 14.6. The van der Waals surface area contributed by atoms with Gasteiger partial charge < -0.3 is 25.0 Å². The van der Waals surface area contributed by atoms with Crippen molar-refractivity contribution in [2.75, 3.05) is 24.4 Å². The van der Waals surface area contributed by atoms with Crippen molar-refractivity contribution in [2.45, 2.75) is 38.6 Å². The number of amides is 2. The molecule has 0 saturated carbocycles. The highest BCUT2D eigenvalue weighted by molar-refractivity contribution is 6.31. The fourth-order valence-electron chi connectivity index (χ4n) is 6.16. The molecule has 0 bridgehead atoms. The number of carbonyl (C=O) groups is 2. The number of rotatable bonds is 5. The van der Waals surface area contributed by atoms with Gasteiger partial charge >= 0.3 is 0 Å². The van der Waals surface area contributed by atoms with Crippen LogP contribution in [-0.4, -0.2) is 46.9 Å². The van der Waals surface area contributed by atoms with Crippen molar-refractivity contribution in [2.24, 2.45) is 0 Å². The SMILES string of the molecule is CNC(=O)c1ccc(-c2nc3c(n2C(C)C)C2(c4ccc(Cl)cc4NC2O)N(c2cc(Cl)ccc2C)C3=O)c(OC)c1. The van der Waals surface area contributed by atoms with E-state index in [9.17, 15) is 14.7 Å². The van der Waals surface area contributed by atoms with Crippen molar-refractivity contribution in [1.82, 2.24) is 14.9 Å². The van der Waals surface area contributed by atoms with Crippen LogP contribution < -0.4 is 20.3 Å². The number of imidazole rings is 1. The fourth-order valence-corrected chi connectivity index (χ4v) is 6.50. The van der Waals surface area contributed by atoms with Gasteiger partial charge in [-0.05, 0) is 68.8 Å². The summed E-state index contributed by atoms with van der Waals surface area (Å²) in [5.41, 5.74) is 2.95. The zero-order valence-electron chi connectivity index (χ0n) is 23.6. The Morgan fingerprint density at radius 1 is 1.12 bits per heavy atom. The van der Waals surface area contributed by atoms with Crippen LogP contribution in [0.15, 0.2) is 54.6 Å². The molecule has 2 atom stereocenters. The van der Waals surface area contributed by atoms with Crippen LogP contribution >= 0.6 is 23.2 Å². The van der Waals surface area contributed by atoms with E-state index in [4.69, 9.17) is 32.9 Å². The summed E-state index contributed by atoms with van der Waals surface area (Å²) in [6, 6.07) is 15.5. The molecule has 3 heterocycles. The first kappa shape index (κ1) is 28.1. The normalized spacial score (nSPS) is 18.8. The zero-order valence-corrected chi connectivity index (χ0v) is 25.1. The van der Waals surface area contributed by atoms with Gasteiger partial charge in [-0.25, -0.2) is 4.98 Å². The molecule has 2 unspecified atom stereocenters. The van der Waals surface area contributed by atoms with Crippen molar-refractivity contribution in [3.8, 4) is 17.1 Å². The summed E-state index contributed by atoms with van der Waals surface area (Å²) in [6.45, 7) is 5.86. The van der Waals surface area contributed by atoms with Gasteiger partial charge in [-0.15, -0.1) is 0 Å². The smallest absolute Gasteiger partial charge is 0.280 e. The first-order chi connectivity index (χ1) is 20.0. The van der Waals surface area contributed by atoms with E-state index < -0.39 is 11.8 Å². The Labute approximate surface area is 253 Å². The molecule has 6 rings (SSSR count). The van der Waals surface area contributed by atoms with Crippen LogP contribution in [0.5, 0.6) is 5.75 Å². The van der Waals surface area contributed by atoms with Crippen molar-refractivity contribution < 1.29 is 19.4 Å². The van der Waals surface area contributed by atoms with Gasteiger partial charge in [0.2, 0.25) is 0 Å². The summed E-state index contributed by atoms with van der Waals surface area (Å²) >= 11 is 12.8. The van der Waals surface area contributed by atoms with Crippen molar-refractivity contribution in [1.29, 1.82) is 0 Å². The molecule has 4 aromatic rings. The first-order valence-electron chi connectivity index (χ1n) is 13.4. The number of methoxy groups -OCH3 is 1. The molecular formula is C31H29Cl2N5O4. The second kappa shape index (κ2) is 10.0. The van der Waals surface area contributed by atoms with Crippen LogP contribution in [0.2, 0.25) is 10.0 Å². The highest BCUT2D eigenvalue weighted by atomic mass is 35.5. The molecule has 3 aromatic carbocycles. The van der Waals surface area contributed by atoms with Gasteiger partial charge in [0.15, 0.2) is 17.5 Å². The molecule has 0 fully saturated rings. The summed E-state index contributed by atoms with van der Waals surface area (Å²) in [4.78, 5) is 33.4. The molecule has 42 heavy (non-hydrogen) atoms. The standard InChI is InChI=1S/C31H29Cl2N5O4/c1-15(2)37-26-25(36-27(37)20-10-7-17(28(39)34-4)12-24(20)42-5)29(40)38(23-14-19(33)8-6-16(23)3)31(26)21-11-9-18(32)13-22(21)35-30(31)41/h6-15,30,35,41H,1-5H3,(H,34,39). The molecule has 0 saturated heterocycles. The summed E-state index contributed by atoms with van der Waals surface area (Å²) in [5, 5.41) is 18.7. The molecule has 3 N–H and O–H groups in total. The van der Waals surface area contributed by atoms with Crippen LogP contribution in [0.3, 0.4) is 0 Å². The number of halogens is 2. The van der Waals surface area contributed by atoms with Gasteiger partial charge in [0.1, 0.15) is 11.6 Å². The van der Waals surface area contributed by atoms with E-state index in [1.54, 1.807) is 54.4 Å². The van der Waals surface area contributed by atoms with E-state index in [2.05, 4.69) is 10.6 Å². The lowest BCUT2D eigenvalue weighted by molar-refractivity contribution is 0.0912. The van der Waals surface area contributed by atoms with E-state index in [0.717, 1.165) is 5.56 Å². The van der Waals surface area contributed by atoms with Crippen LogP contribution in [0, 0.1) is 6.92 Å². The number of aliphatic hydroxyl groups is 1. The number of hydrogen-bond acceptors (Lipinski definition) is 6. The number of nitrogens with zero attached hydrogens (tertiary/aromatic N) is 3. The van der Waals surface area contributed by atoms with Crippen LogP contribution in [-0.2, 0) is 5.54 Å². The molecule has 2 amide bonds. The van der Waals surface area contributed by atoms with E-state index in [1.165, 1.54) is 7.11 Å². The number of ether oxygens (including phenoxy) is 1. The topological polar surface area (TPSA) is 109 Å². The Morgan fingerprint density at radius 3 is 2.52 bits per heavy atom. The first-order valence-corrected chi connectivity index (χ1v) is 14.2. The summed E-state index contributed by atoms with van der Waals surface area (Å²) < 4.78 is 7.66. The Bertz CT molecular complexity index is 1790. The number of fused-ring (bicyclic) bond motifs is 4. The third-order valence-corrected chi connectivity index (χ3v) is 8.44. The number of benzene rings is 3. The van der Waals surface area contributed by atoms with Crippen molar-refractivity contribution >= 4 is 46.4 Å². The van der Waals surface area contributed by atoms with Gasteiger partial charge in [0.05, 0.1) is 24.1 Å². The maximum absolute atomic E-state index is 14.6. The third kappa shape index (κ3) is 3.84. The zero-order chi connectivity index (χ0) is 30.1. The monoisotopic (exact) mass is 605 g/mol. The van der Waals surface area contributed by atoms with Crippen LogP contribution in [0.1, 0.15) is 57.6 Å². The van der Waals surface area contributed by atoms with Gasteiger partial charge in [0.25, 0.3) is 11.8 Å². The number of anilines is 2. The molecular weight excluding hydrogens is 577 g/mol. The second-order valence-electron chi connectivity index (χ2n) is 10.7. The van der Waals surface area contributed by atoms with Crippen LogP contribution in [0.4, 0.5) is 11.4 Å². The van der Waals surface area contributed by atoms with Crippen molar-refractivity contribution in [3.05, 3.63) is 92.7 Å². The minimum atomic E-state index is -1.41. The predicted molar refractivity (Wildman–Crippen MR) is 163 cm³/mol. The van der Waals surface area contributed by atoms with E-state index in [-0.39, 0.29) is 23.6 Å². The number of aryl methyl sites for hydroxylation is 1. The quantitative estimate of drug-likeness (QED) is 0.267. The van der Waals surface area contributed by atoms with Crippen LogP contribution in [0.25, 0.3) is 11.4 Å². The van der Waals surface area contributed by atoms with Gasteiger partial charge in [-0.2, -0.15) is 0 Å². The summed E-state index contributed by atoms with van der Waals surface area (Å²) in [5.74, 6) is 0.246. The number of hydrogen-bond donors (Lipinski definition) is 3. The molecule has 216 valence electrons. The van der Waals surface area contributed by atoms with Gasteiger partial charge in [-0.1, -0.05) is 35.3 Å². The lowest BCUT2D eigenvalue weighted by Crippen LogP contribution is -2.54. The molecule has 0 radical (unpaired) electrons. The Hall–Kier alpha value is -4.05. The number of aliphatic hydroxyl groups excluding tert-OH is 1. The number of carbonyl (C=O) groups excluding carboxylic acids is 2. The summed E-state index contributed by atoms with van der Waals surface area (Å²) in [7, 11) is 3.08. The fraction of sp³-hybridized carbons (Fsp3) is 0.258. The van der Waals surface area contributed by atoms with Gasteiger partial charge in [0, 0.05) is 39.9 Å². The molecule has 2 aliphatic rings.